The smallest absolute Gasteiger partial charge is 0.356 e. The Balaban J connectivity index is 1.57. The fourth-order valence-electron chi connectivity index (χ4n) is 5.09. The molecule has 0 aliphatic carbocycles. The molecule has 0 N–H and O–H groups in total. The summed E-state index contributed by atoms with van der Waals surface area (Å²) in [5.41, 5.74) is 2.79. The second kappa shape index (κ2) is 10.9. The summed E-state index contributed by atoms with van der Waals surface area (Å²) in [7, 11) is -0.756. The van der Waals surface area contributed by atoms with Crippen LogP contribution >= 0.6 is 0 Å². The van der Waals surface area contributed by atoms with E-state index < -0.39 is 14.3 Å². The van der Waals surface area contributed by atoms with Crippen LogP contribution in [0.4, 0.5) is 0 Å². The van der Waals surface area contributed by atoms with Crippen molar-refractivity contribution in [2.45, 2.75) is 63.9 Å². The van der Waals surface area contributed by atoms with Gasteiger partial charge >= 0.3 is 5.97 Å². The summed E-state index contributed by atoms with van der Waals surface area (Å²) in [6.45, 7) is 12.1. The number of esters is 1. The molecule has 8 nitrogen and oxygen atoms in total. The van der Waals surface area contributed by atoms with E-state index in [4.69, 9.17) is 18.9 Å². The van der Waals surface area contributed by atoms with Gasteiger partial charge in [-0.2, -0.15) is 0 Å². The lowest BCUT2D eigenvalue weighted by Gasteiger charge is -2.43. The Morgan fingerprint density at radius 1 is 1.10 bits per heavy atom. The van der Waals surface area contributed by atoms with Crippen molar-refractivity contribution in [2.75, 3.05) is 20.3 Å². The number of hydrogen-bond donors (Lipinski definition) is 0. The number of fused-ring (bicyclic) bond motifs is 3. The quantitative estimate of drug-likeness (QED) is 0.171. The van der Waals surface area contributed by atoms with Gasteiger partial charge in [0, 0.05) is 18.2 Å². The van der Waals surface area contributed by atoms with Gasteiger partial charge in [-0.25, -0.2) is 14.8 Å². The van der Waals surface area contributed by atoms with E-state index in [1.807, 2.05) is 30.3 Å². The average Bonchev–Trinajstić information content (AvgIpc) is 2.93. The Bertz CT molecular complexity index is 1610. The molecular weight excluding hydrogens is 522 g/mol. The molecule has 40 heavy (non-hydrogen) atoms. The molecule has 0 radical (unpaired) electrons. The van der Waals surface area contributed by atoms with Gasteiger partial charge in [0.05, 0.1) is 43.1 Å². The molecule has 0 amide bonds. The van der Waals surface area contributed by atoms with Crippen molar-refractivity contribution in [3.63, 3.8) is 0 Å². The third kappa shape index (κ3) is 5.33. The topological polar surface area (TPSA) is 92.5 Å². The van der Waals surface area contributed by atoms with E-state index in [0.717, 1.165) is 21.9 Å². The van der Waals surface area contributed by atoms with Crippen molar-refractivity contribution in [1.82, 2.24) is 14.5 Å². The van der Waals surface area contributed by atoms with E-state index in [9.17, 15) is 9.59 Å². The highest BCUT2D eigenvalue weighted by Gasteiger charge is 2.42. The first kappa shape index (κ1) is 28.1. The van der Waals surface area contributed by atoms with Crippen LogP contribution in [-0.4, -0.2) is 55.2 Å². The van der Waals surface area contributed by atoms with Crippen LogP contribution < -0.4 is 5.56 Å². The van der Waals surface area contributed by atoms with E-state index in [1.54, 1.807) is 23.2 Å². The molecule has 4 aromatic rings. The fraction of sp³-hybridized carbons (Fsp3) is 0.419. The number of carbonyl (C=O) groups excluding carboxylic acids is 1. The van der Waals surface area contributed by atoms with Gasteiger partial charge in [0.2, 0.25) is 0 Å². The molecule has 0 bridgehead atoms. The maximum Gasteiger partial charge on any atom is 0.356 e. The first-order valence-corrected chi connectivity index (χ1v) is 16.6. The van der Waals surface area contributed by atoms with Gasteiger partial charge in [0.15, 0.2) is 8.32 Å². The predicted octanol–water partition coefficient (Wildman–Crippen LogP) is 5.67. The Kier molecular flexibility index (Phi) is 7.65. The number of pyridine rings is 1. The number of carbonyl (C=O) groups is 1. The minimum atomic E-state index is -2.09. The maximum absolute atomic E-state index is 14.1. The Morgan fingerprint density at radius 3 is 2.52 bits per heavy atom. The van der Waals surface area contributed by atoms with Crippen molar-refractivity contribution in [3.8, 4) is 0 Å². The molecule has 1 aliphatic heterocycles. The van der Waals surface area contributed by atoms with Crippen molar-refractivity contribution in [1.29, 1.82) is 0 Å². The lowest BCUT2D eigenvalue weighted by atomic mass is 9.96. The minimum Gasteiger partial charge on any atom is -0.464 e. The normalized spacial score (nSPS) is 18.2. The van der Waals surface area contributed by atoms with Crippen LogP contribution in [0.3, 0.4) is 0 Å². The number of hydrogen-bond acceptors (Lipinski definition) is 7. The van der Waals surface area contributed by atoms with Gasteiger partial charge in [-0.3, -0.25) is 9.36 Å². The molecule has 5 rings (SSSR count). The Labute approximate surface area is 235 Å². The number of ether oxygens (including phenoxy) is 2. The lowest BCUT2D eigenvalue weighted by molar-refractivity contribution is -0.0327. The molecule has 2 aromatic carbocycles. The highest BCUT2D eigenvalue weighted by atomic mass is 28.4. The first-order valence-electron chi connectivity index (χ1n) is 13.7. The van der Waals surface area contributed by atoms with E-state index in [-0.39, 0.29) is 28.4 Å². The SMILES string of the molecule is COC(=O)c1ccc(Cc2cc3c(=O)n(C4CCOCC4O[Si](C)(C)C(C)(C)C)cnc3c3ccccc23)cn1. The first-order chi connectivity index (χ1) is 19.0. The molecule has 2 atom stereocenters. The zero-order chi connectivity index (χ0) is 28.7. The maximum atomic E-state index is 14.1. The summed E-state index contributed by atoms with van der Waals surface area (Å²) < 4.78 is 19.1. The van der Waals surface area contributed by atoms with Gasteiger partial charge in [-0.05, 0) is 59.6 Å². The second-order valence-electron chi connectivity index (χ2n) is 12.0. The largest absolute Gasteiger partial charge is 0.464 e. The molecule has 0 spiro atoms. The van der Waals surface area contributed by atoms with Gasteiger partial charge in [-0.15, -0.1) is 0 Å². The highest BCUT2D eigenvalue weighted by Crippen LogP contribution is 2.39. The molecule has 0 saturated carbocycles. The molecule has 210 valence electrons. The number of benzene rings is 2. The molecule has 3 heterocycles. The molecule has 1 saturated heterocycles. The number of nitrogens with zero attached hydrogens (tertiary/aromatic N) is 3. The average molecular weight is 560 g/mol. The zero-order valence-corrected chi connectivity index (χ0v) is 25.1. The Hall–Kier alpha value is -3.40. The summed E-state index contributed by atoms with van der Waals surface area (Å²) in [4.78, 5) is 35.0. The zero-order valence-electron chi connectivity index (χ0n) is 24.1. The van der Waals surface area contributed by atoms with Crippen LogP contribution in [0, 0.1) is 0 Å². The minimum absolute atomic E-state index is 0.0410. The van der Waals surface area contributed by atoms with E-state index in [0.29, 0.717) is 37.0 Å². The Morgan fingerprint density at radius 2 is 1.85 bits per heavy atom. The monoisotopic (exact) mass is 559 g/mol. The summed E-state index contributed by atoms with van der Waals surface area (Å²) in [6, 6.07) is 13.3. The molecule has 2 aromatic heterocycles. The summed E-state index contributed by atoms with van der Waals surface area (Å²) in [5, 5.41) is 2.58. The van der Waals surface area contributed by atoms with Crippen molar-refractivity contribution in [2.24, 2.45) is 0 Å². The second-order valence-corrected chi connectivity index (χ2v) is 16.8. The highest BCUT2D eigenvalue weighted by molar-refractivity contribution is 6.74. The number of methoxy groups -OCH3 is 1. The van der Waals surface area contributed by atoms with Crippen LogP contribution in [0.15, 0.2) is 59.8 Å². The van der Waals surface area contributed by atoms with E-state index in [2.05, 4.69) is 44.9 Å². The standard InChI is InChI=1S/C31H37N3O5Si/c1-31(2,3)40(5,6)39-27-18-38-14-13-26(27)34-19-33-28-23-10-8-7-9-22(23)21(16-24(28)29(34)35)15-20-11-12-25(32-17-20)30(36)37-4/h7-12,16-17,19,26-27H,13-15,18H2,1-6H3. The fourth-order valence-corrected chi connectivity index (χ4v) is 6.43. The van der Waals surface area contributed by atoms with Gasteiger partial charge in [0.1, 0.15) is 5.69 Å². The van der Waals surface area contributed by atoms with Gasteiger partial charge in [0.25, 0.3) is 5.56 Å². The number of rotatable bonds is 6. The van der Waals surface area contributed by atoms with Crippen LogP contribution in [-0.2, 0) is 20.3 Å². The van der Waals surface area contributed by atoms with Crippen molar-refractivity contribution in [3.05, 3.63) is 82.2 Å². The third-order valence-corrected chi connectivity index (χ3v) is 12.9. The van der Waals surface area contributed by atoms with Crippen LogP contribution in [0.5, 0.6) is 0 Å². The van der Waals surface area contributed by atoms with Gasteiger partial charge in [-0.1, -0.05) is 51.1 Å². The van der Waals surface area contributed by atoms with Gasteiger partial charge < -0.3 is 13.9 Å². The number of aromatic nitrogens is 3. The third-order valence-electron chi connectivity index (χ3n) is 8.37. The molecule has 1 fully saturated rings. The summed E-state index contributed by atoms with van der Waals surface area (Å²) in [5.74, 6) is -0.474. The molecule has 9 heteroatoms. The van der Waals surface area contributed by atoms with Crippen LogP contribution in [0.2, 0.25) is 18.1 Å². The van der Waals surface area contributed by atoms with E-state index in [1.165, 1.54) is 7.11 Å². The van der Waals surface area contributed by atoms with Crippen LogP contribution in [0.25, 0.3) is 21.7 Å². The predicted molar refractivity (Wildman–Crippen MR) is 158 cm³/mol. The summed E-state index contributed by atoms with van der Waals surface area (Å²) >= 11 is 0. The van der Waals surface area contributed by atoms with Crippen molar-refractivity contribution < 1.29 is 18.7 Å². The summed E-state index contributed by atoms with van der Waals surface area (Å²) in [6.07, 6.45) is 4.38. The molecule has 1 aliphatic rings. The molecule has 2 unspecified atom stereocenters. The van der Waals surface area contributed by atoms with Crippen LogP contribution in [0.1, 0.15) is 54.8 Å². The lowest BCUT2D eigenvalue weighted by Crippen LogP contribution is -2.50. The van der Waals surface area contributed by atoms with E-state index >= 15 is 0 Å². The van der Waals surface area contributed by atoms with Crippen molar-refractivity contribution >= 4 is 36.0 Å². The molecular formula is C31H37N3O5Si.